The van der Waals surface area contributed by atoms with E-state index in [0.29, 0.717) is 36.1 Å². The number of hydrogen-bond donors (Lipinski definition) is 0. The molecule has 7 nitrogen and oxygen atoms in total. The van der Waals surface area contributed by atoms with Gasteiger partial charge in [-0.2, -0.15) is 0 Å². The summed E-state index contributed by atoms with van der Waals surface area (Å²) in [4.78, 5) is 6.94. The number of ether oxygens (including phenoxy) is 4. The summed E-state index contributed by atoms with van der Waals surface area (Å²) in [5.74, 6) is 3.73. The molecule has 0 unspecified atom stereocenters. The summed E-state index contributed by atoms with van der Waals surface area (Å²) in [5.41, 5.74) is 2.95. The SMILES string of the molecule is COc1ccc(Cn2c(CN(C)C)nc3cc(OC)c(OC)cc32)cc1OC. The number of rotatable bonds is 8. The van der Waals surface area contributed by atoms with Crippen LogP contribution in [0.4, 0.5) is 0 Å². The van der Waals surface area contributed by atoms with Crippen LogP contribution in [-0.2, 0) is 13.1 Å². The van der Waals surface area contributed by atoms with E-state index >= 15 is 0 Å². The third-order valence-electron chi connectivity index (χ3n) is 4.58. The molecule has 0 amide bonds. The molecule has 2 aromatic carbocycles. The highest BCUT2D eigenvalue weighted by atomic mass is 16.5. The van der Waals surface area contributed by atoms with Crippen LogP contribution in [0.15, 0.2) is 30.3 Å². The van der Waals surface area contributed by atoms with Gasteiger partial charge < -0.3 is 28.4 Å². The maximum atomic E-state index is 5.49. The highest BCUT2D eigenvalue weighted by molar-refractivity contribution is 5.81. The average molecular weight is 385 g/mol. The van der Waals surface area contributed by atoms with Crippen LogP contribution >= 0.6 is 0 Å². The Bertz CT molecular complexity index is 966. The van der Waals surface area contributed by atoms with Gasteiger partial charge in [-0.05, 0) is 31.8 Å². The summed E-state index contributed by atoms with van der Waals surface area (Å²) in [6.07, 6.45) is 0. The topological polar surface area (TPSA) is 58.0 Å². The first-order valence-electron chi connectivity index (χ1n) is 8.97. The third-order valence-corrected chi connectivity index (χ3v) is 4.58. The lowest BCUT2D eigenvalue weighted by atomic mass is 10.2. The molecule has 0 saturated heterocycles. The zero-order valence-electron chi connectivity index (χ0n) is 17.3. The van der Waals surface area contributed by atoms with Crippen LogP contribution in [0.1, 0.15) is 11.4 Å². The lowest BCUT2D eigenvalue weighted by molar-refractivity contribution is 0.354. The van der Waals surface area contributed by atoms with E-state index in [1.165, 1.54) is 0 Å². The maximum Gasteiger partial charge on any atom is 0.163 e. The van der Waals surface area contributed by atoms with Crippen molar-refractivity contribution in [2.45, 2.75) is 13.1 Å². The van der Waals surface area contributed by atoms with E-state index in [2.05, 4.69) is 9.47 Å². The molecule has 3 aromatic rings. The molecule has 0 N–H and O–H groups in total. The average Bonchev–Trinajstić information content (AvgIpc) is 3.01. The Morgan fingerprint density at radius 1 is 0.821 bits per heavy atom. The number of hydrogen-bond acceptors (Lipinski definition) is 6. The molecule has 0 aliphatic rings. The number of methoxy groups -OCH3 is 4. The van der Waals surface area contributed by atoms with E-state index in [9.17, 15) is 0 Å². The second-order valence-corrected chi connectivity index (χ2v) is 6.74. The Hall–Kier alpha value is -2.93. The van der Waals surface area contributed by atoms with E-state index in [0.717, 1.165) is 22.4 Å². The smallest absolute Gasteiger partial charge is 0.163 e. The molecule has 0 saturated carbocycles. The molecule has 7 heteroatoms. The predicted molar refractivity (Wildman–Crippen MR) is 109 cm³/mol. The molecular weight excluding hydrogens is 358 g/mol. The largest absolute Gasteiger partial charge is 0.493 e. The molecule has 1 aromatic heterocycles. The van der Waals surface area contributed by atoms with E-state index < -0.39 is 0 Å². The van der Waals surface area contributed by atoms with Gasteiger partial charge in [0.2, 0.25) is 0 Å². The zero-order chi connectivity index (χ0) is 20.3. The summed E-state index contributed by atoms with van der Waals surface area (Å²) >= 11 is 0. The van der Waals surface area contributed by atoms with Gasteiger partial charge in [0.1, 0.15) is 5.82 Å². The van der Waals surface area contributed by atoms with Crippen molar-refractivity contribution in [2.75, 3.05) is 42.5 Å². The number of nitrogens with zero attached hydrogens (tertiary/aromatic N) is 3. The van der Waals surface area contributed by atoms with Crippen molar-refractivity contribution >= 4 is 11.0 Å². The molecule has 3 rings (SSSR count). The van der Waals surface area contributed by atoms with Crippen LogP contribution in [0.25, 0.3) is 11.0 Å². The summed E-state index contributed by atoms with van der Waals surface area (Å²) in [6.45, 7) is 1.36. The minimum Gasteiger partial charge on any atom is -0.493 e. The first kappa shape index (κ1) is 19.8. The van der Waals surface area contributed by atoms with E-state index in [-0.39, 0.29) is 0 Å². The van der Waals surface area contributed by atoms with E-state index in [1.807, 2.05) is 44.4 Å². The summed E-state index contributed by atoms with van der Waals surface area (Å²) in [7, 11) is 10.6. The minimum absolute atomic E-state index is 0.648. The standard InChI is InChI=1S/C21H27N3O4/c1-23(2)13-21-22-15-10-19(27-5)20(28-6)11-16(15)24(21)12-14-7-8-17(25-3)18(9-14)26-4/h7-11H,12-13H2,1-6H3. The first-order chi connectivity index (χ1) is 13.5. The number of imidazole rings is 1. The van der Waals surface area contributed by atoms with Crippen molar-refractivity contribution in [3.8, 4) is 23.0 Å². The van der Waals surface area contributed by atoms with Crippen molar-refractivity contribution in [1.29, 1.82) is 0 Å². The minimum atomic E-state index is 0.648. The van der Waals surface area contributed by atoms with Gasteiger partial charge in [0.05, 0.1) is 46.0 Å². The van der Waals surface area contributed by atoms with Gasteiger partial charge in [-0.3, -0.25) is 0 Å². The van der Waals surface area contributed by atoms with Crippen LogP contribution < -0.4 is 18.9 Å². The zero-order valence-corrected chi connectivity index (χ0v) is 17.3. The monoisotopic (exact) mass is 385 g/mol. The Labute approximate surface area is 165 Å². The second-order valence-electron chi connectivity index (χ2n) is 6.74. The molecule has 0 atom stereocenters. The lowest BCUT2D eigenvalue weighted by Crippen LogP contribution is -2.16. The van der Waals surface area contributed by atoms with Gasteiger partial charge in [-0.1, -0.05) is 6.07 Å². The Kier molecular flexibility index (Phi) is 5.94. The van der Waals surface area contributed by atoms with Gasteiger partial charge in [0.25, 0.3) is 0 Å². The van der Waals surface area contributed by atoms with Crippen molar-refractivity contribution in [1.82, 2.24) is 14.5 Å². The van der Waals surface area contributed by atoms with Crippen molar-refractivity contribution in [2.24, 2.45) is 0 Å². The fourth-order valence-corrected chi connectivity index (χ4v) is 3.24. The molecule has 28 heavy (non-hydrogen) atoms. The van der Waals surface area contributed by atoms with Crippen LogP contribution in [0.3, 0.4) is 0 Å². The molecule has 0 spiro atoms. The molecule has 0 radical (unpaired) electrons. The van der Waals surface area contributed by atoms with Crippen LogP contribution in [0.5, 0.6) is 23.0 Å². The van der Waals surface area contributed by atoms with Crippen LogP contribution in [0.2, 0.25) is 0 Å². The van der Waals surface area contributed by atoms with Crippen LogP contribution in [-0.4, -0.2) is 57.0 Å². The fraction of sp³-hybridized carbons (Fsp3) is 0.381. The Morgan fingerprint density at radius 3 is 2.04 bits per heavy atom. The number of fused-ring (bicyclic) bond motifs is 1. The molecular formula is C21H27N3O4. The van der Waals surface area contributed by atoms with Gasteiger partial charge in [0, 0.05) is 18.7 Å². The predicted octanol–water partition coefficient (Wildman–Crippen LogP) is 3.18. The Balaban J connectivity index is 2.11. The Morgan fingerprint density at radius 2 is 1.43 bits per heavy atom. The van der Waals surface area contributed by atoms with Crippen molar-refractivity contribution in [3.05, 3.63) is 41.7 Å². The highest BCUT2D eigenvalue weighted by Crippen LogP contribution is 2.34. The number of benzene rings is 2. The van der Waals surface area contributed by atoms with Gasteiger partial charge >= 0.3 is 0 Å². The summed E-state index contributed by atoms with van der Waals surface area (Å²) < 4.78 is 23.9. The molecule has 0 aliphatic carbocycles. The molecule has 1 heterocycles. The van der Waals surface area contributed by atoms with E-state index in [4.69, 9.17) is 23.9 Å². The number of aromatic nitrogens is 2. The third kappa shape index (κ3) is 3.84. The van der Waals surface area contributed by atoms with Gasteiger partial charge in [0.15, 0.2) is 23.0 Å². The fourth-order valence-electron chi connectivity index (χ4n) is 3.24. The quantitative estimate of drug-likeness (QED) is 0.594. The van der Waals surface area contributed by atoms with Gasteiger partial charge in [-0.25, -0.2) is 4.98 Å². The van der Waals surface area contributed by atoms with E-state index in [1.54, 1.807) is 28.4 Å². The molecule has 0 fully saturated rings. The lowest BCUT2D eigenvalue weighted by Gasteiger charge is -2.15. The maximum absolute atomic E-state index is 5.49. The normalized spacial score (nSPS) is 11.1. The second kappa shape index (κ2) is 8.39. The summed E-state index contributed by atoms with van der Waals surface area (Å²) in [5, 5.41) is 0. The van der Waals surface area contributed by atoms with Gasteiger partial charge in [-0.15, -0.1) is 0 Å². The molecule has 0 bridgehead atoms. The molecule has 0 aliphatic heterocycles. The summed E-state index contributed by atoms with van der Waals surface area (Å²) in [6, 6.07) is 9.83. The highest BCUT2D eigenvalue weighted by Gasteiger charge is 2.16. The van der Waals surface area contributed by atoms with Crippen molar-refractivity contribution in [3.63, 3.8) is 0 Å². The van der Waals surface area contributed by atoms with Crippen LogP contribution in [0, 0.1) is 0 Å². The molecule has 150 valence electrons. The first-order valence-corrected chi connectivity index (χ1v) is 8.97. The van der Waals surface area contributed by atoms with Crippen molar-refractivity contribution < 1.29 is 18.9 Å².